The van der Waals surface area contributed by atoms with E-state index in [4.69, 9.17) is 0 Å². The summed E-state index contributed by atoms with van der Waals surface area (Å²) >= 11 is 1.70. The topological polar surface area (TPSA) is 38.0 Å². The van der Waals surface area contributed by atoms with Crippen molar-refractivity contribution in [2.75, 3.05) is 0 Å². The summed E-state index contributed by atoms with van der Waals surface area (Å²) in [6, 6.07) is 2.44. The molecule has 2 rings (SSSR count). The van der Waals surface area contributed by atoms with Crippen LogP contribution in [0.15, 0.2) is 29.4 Å². The van der Waals surface area contributed by atoms with Gasteiger partial charge in [-0.15, -0.1) is 0 Å². The highest BCUT2D eigenvalue weighted by Gasteiger charge is 2.14. The van der Waals surface area contributed by atoms with Gasteiger partial charge in [-0.05, 0) is 49.1 Å². The lowest BCUT2D eigenvalue weighted by atomic mass is 10.1. The van der Waals surface area contributed by atoms with Gasteiger partial charge in [0.2, 0.25) is 0 Å². The number of nitrogens with zero attached hydrogens (tertiary/aromatic N) is 2. The molecule has 0 aliphatic carbocycles. The molecular formula is C13H18N2OS. The summed E-state index contributed by atoms with van der Waals surface area (Å²) in [6.07, 6.45) is 4.77. The lowest BCUT2D eigenvalue weighted by Gasteiger charge is -2.16. The summed E-state index contributed by atoms with van der Waals surface area (Å²) in [5, 5.41) is 14.4. The zero-order chi connectivity index (χ0) is 12.3. The van der Waals surface area contributed by atoms with E-state index in [9.17, 15) is 5.11 Å². The van der Waals surface area contributed by atoms with Gasteiger partial charge in [-0.1, -0.05) is 0 Å². The van der Waals surface area contributed by atoms with Crippen molar-refractivity contribution in [1.29, 1.82) is 0 Å². The van der Waals surface area contributed by atoms with Gasteiger partial charge in [0.25, 0.3) is 0 Å². The predicted octanol–water partition coefficient (Wildman–Crippen LogP) is 3.19. The largest absolute Gasteiger partial charge is 0.387 e. The van der Waals surface area contributed by atoms with E-state index in [1.54, 1.807) is 23.9 Å². The molecule has 0 spiro atoms. The Morgan fingerprint density at radius 1 is 1.47 bits per heavy atom. The maximum absolute atomic E-state index is 10.2. The molecule has 1 unspecified atom stereocenters. The van der Waals surface area contributed by atoms with Crippen molar-refractivity contribution in [3.8, 4) is 0 Å². The van der Waals surface area contributed by atoms with Gasteiger partial charge in [-0.25, -0.2) is 4.98 Å². The Labute approximate surface area is 106 Å². The molecule has 2 aromatic heterocycles. The minimum absolute atomic E-state index is 0.336. The van der Waals surface area contributed by atoms with Crippen LogP contribution in [0, 0.1) is 0 Å². The number of imidazole rings is 1. The van der Waals surface area contributed by atoms with Crippen LogP contribution in [0.1, 0.15) is 43.7 Å². The third-order valence-corrected chi connectivity index (χ3v) is 3.61. The molecule has 1 atom stereocenters. The predicted molar refractivity (Wildman–Crippen MR) is 70.2 cm³/mol. The number of aryl methyl sites for hydroxylation is 1. The van der Waals surface area contributed by atoms with Crippen LogP contribution in [0.5, 0.6) is 0 Å². The van der Waals surface area contributed by atoms with E-state index in [1.165, 1.54) is 5.56 Å². The lowest BCUT2D eigenvalue weighted by molar-refractivity contribution is 0.157. The van der Waals surface area contributed by atoms with Crippen molar-refractivity contribution in [1.82, 2.24) is 9.55 Å². The van der Waals surface area contributed by atoms with E-state index in [-0.39, 0.29) is 0 Å². The zero-order valence-corrected chi connectivity index (χ0v) is 11.0. The smallest absolute Gasteiger partial charge is 0.0959 e. The van der Waals surface area contributed by atoms with E-state index in [1.807, 2.05) is 4.57 Å². The molecule has 0 radical (unpaired) electrons. The van der Waals surface area contributed by atoms with Gasteiger partial charge in [0.05, 0.1) is 24.3 Å². The van der Waals surface area contributed by atoms with Crippen LogP contribution in [-0.4, -0.2) is 14.7 Å². The molecule has 0 aromatic carbocycles. The van der Waals surface area contributed by atoms with Crippen LogP contribution < -0.4 is 0 Å². The molecule has 0 fully saturated rings. The maximum Gasteiger partial charge on any atom is 0.0959 e. The summed E-state index contributed by atoms with van der Waals surface area (Å²) in [4.78, 5) is 4.11. The average molecular weight is 250 g/mol. The number of aliphatic hydroxyl groups excluding tert-OH is 1. The molecule has 2 heterocycles. The SMILES string of the molecule is CC(C)n1cncc1C(O)CCc1ccsc1. The third-order valence-electron chi connectivity index (χ3n) is 2.88. The number of rotatable bonds is 5. The Bertz CT molecular complexity index is 448. The highest BCUT2D eigenvalue weighted by atomic mass is 32.1. The Hall–Kier alpha value is -1.13. The van der Waals surface area contributed by atoms with Gasteiger partial charge < -0.3 is 9.67 Å². The first-order chi connectivity index (χ1) is 8.18. The van der Waals surface area contributed by atoms with Gasteiger partial charge in [0.1, 0.15) is 0 Å². The average Bonchev–Trinajstić information content (AvgIpc) is 2.96. The Kier molecular flexibility index (Phi) is 3.97. The Balaban J connectivity index is 1.99. The molecule has 17 heavy (non-hydrogen) atoms. The normalized spacial score (nSPS) is 13.2. The maximum atomic E-state index is 10.2. The molecule has 0 bridgehead atoms. The van der Waals surface area contributed by atoms with Crippen LogP contribution in [0.25, 0.3) is 0 Å². The summed E-state index contributed by atoms with van der Waals surface area (Å²) in [5.74, 6) is 0. The van der Waals surface area contributed by atoms with Crippen molar-refractivity contribution in [2.24, 2.45) is 0 Å². The van der Waals surface area contributed by atoms with E-state index in [0.29, 0.717) is 6.04 Å². The second-order valence-corrected chi connectivity index (χ2v) is 5.29. The van der Waals surface area contributed by atoms with Crippen molar-refractivity contribution in [3.63, 3.8) is 0 Å². The molecule has 0 aliphatic rings. The monoisotopic (exact) mass is 250 g/mol. The second-order valence-electron chi connectivity index (χ2n) is 4.51. The van der Waals surface area contributed by atoms with Crippen molar-refractivity contribution < 1.29 is 5.11 Å². The summed E-state index contributed by atoms with van der Waals surface area (Å²) in [7, 11) is 0. The number of aliphatic hydroxyl groups is 1. The molecule has 4 heteroatoms. The quantitative estimate of drug-likeness (QED) is 0.885. The summed E-state index contributed by atoms with van der Waals surface area (Å²) in [5.41, 5.74) is 2.21. The number of thiophene rings is 1. The van der Waals surface area contributed by atoms with Crippen LogP contribution in [0.2, 0.25) is 0 Å². The van der Waals surface area contributed by atoms with E-state index < -0.39 is 6.10 Å². The lowest BCUT2D eigenvalue weighted by Crippen LogP contribution is -2.09. The van der Waals surface area contributed by atoms with E-state index in [2.05, 4.69) is 35.7 Å². The third kappa shape index (κ3) is 2.96. The molecule has 2 aromatic rings. The van der Waals surface area contributed by atoms with Crippen LogP contribution in [-0.2, 0) is 6.42 Å². The van der Waals surface area contributed by atoms with Crippen molar-refractivity contribution >= 4 is 11.3 Å². The first-order valence-corrected chi connectivity index (χ1v) is 6.83. The van der Waals surface area contributed by atoms with E-state index >= 15 is 0 Å². The number of hydrogen-bond acceptors (Lipinski definition) is 3. The Morgan fingerprint density at radius 2 is 2.29 bits per heavy atom. The molecule has 0 amide bonds. The first kappa shape index (κ1) is 12.3. The van der Waals surface area contributed by atoms with Gasteiger partial charge in [-0.3, -0.25) is 0 Å². The summed E-state index contributed by atoms with van der Waals surface area (Å²) in [6.45, 7) is 4.19. The molecule has 92 valence electrons. The molecule has 0 saturated heterocycles. The number of aromatic nitrogens is 2. The fraction of sp³-hybridized carbons (Fsp3) is 0.462. The fourth-order valence-electron chi connectivity index (χ4n) is 1.89. The second kappa shape index (κ2) is 5.47. The fourth-order valence-corrected chi connectivity index (χ4v) is 2.59. The highest BCUT2D eigenvalue weighted by Crippen LogP contribution is 2.22. The molecular weight excluding hydrogens is 232 g/mol. The van der Waals surface area contributed by atoms with Gasteiger partial charge in [-0.2, -0.15) is 11.3 Å². The minimum Gasteiger partial charge on any atom is -0.387 e. The van der Waals surface area contributed by atoms with Gasteiger partial charge >= 0.3 is 0 Å². The van der Waals surface area contributed by atoms with Gasteiger partial charge in [0, 0.05) is 6.04 Å². The van der Waals surface area contributed by atoms with Crippen molar-refractivity contribution in [2.45, 2.75) is 38.8 Å². The molecule has 3 nitrogen and oxygen atoms in total. The summed E-state index contributed by atoms with van der Waals surface area (Å²) < 4.78 is 2.03. The standard InChI is InChI=1S/C13H18N2OS/c1-10(2)15-9-14-7-12(15)13(16)4-3-11-5-6-17-8-11/h5-10,13,16H,3-4H2,1-2H3. The van der Waals surface area contributed by atoms with Crippen LogP contribution in [0.3, 0.4) is 0 Å². The minimum atomic E-state index is -0.431. The van der Waals surface area contributed by atoms with Crippen LogP contribution >= 0.6 is 11.3 Å². The molecule has 0 saturated carbocycles. The van der Waals surface area contributed by atoms with Crippen molar-refractivity contribution in [3.05, 3.63) is 40.6 Å². The Morgan fingerprint density at radius 3 is 2.94 bits per heavy atom. The highest BCUT2D eigenvalue weighted by molar-refractivity contribution is 7.07. The van der Waals surface area contributed by atoms with E-state index in [0.717, 1.165) is 18.5 Å². The van der Waals surface area contributed by atoms with Crippen LogP contribution in [0.4, 0.5) is 0 Å². The van der Waals surface area contributed by atoms with Gasteiger partial charge in [0.15, 0.2) is 0 Å². The molecule has 0 aliphatic heterocycles. The zero-order valence-electron chi connectivity index (χ0n) is 10.2. The first-order valence-electron chi connectivity index (χ1n) is 5.89. The molecule has 1 N–H and O–H groups in total. The number of hydrogen-bond donors (Lipinski definition) is 1.